The van der Waals surface area contributed by atoms with Crippen LogP contribution in [0.2, 0.25) is 0 Å². The molecular weight excluding hydrogens is 290 g/mol. The molecule has 21 heavy (non-hydrogen) atoms. The number of ether oxygens (including phenoxy) is 1. The Morgan fingerprint density at radius 2 is 1.95 bits per heavy atom. The van der Waals surface area contributed by atoms with Crippen LogP contribution in [0.15, 0.2) is 5.16 Å². The predicted octanol–water partition coefficient (Wildman–Crippen LogP) is 2.23. The molecule has 8 heteroatoms. The van der Waals surface area contributed by atoms with Crippen LogP contribution in [0.25, 0.3) is 0 Å². The van der Waals surface area contributed by atoms with Gasteiger partial charge in [-0.1, -0.05) is 18.7 Å². The molecule has 2 N–H and O–H groups in total. The highest BCUT2D eigenvalue weighted by atomic mass is 32.2. The summed E-state index contributed by atoms with van der Waals surface area (Å²) in [5.41, 5.74) is -0.491. The Hall–Kier alpha value is -1.57. The molecule has 0 spiro atoms. The van der Waals surface area contributed by atoms with Crippen LogP contribution in [0.4, 0.5) is 10.7 Å². The number of anilines is 1. The highest BCUT2D eigenvalue weighted by Gasteiger charge is 2.15. The number of amides is 1. The molecule has 0 aromatic carbocycles. The van der Waals surface area contributed by atoms with Gasteiger partial charge >= 0.3 is 6.09 Å². The number of carbonyl (C=O) groups excluding carboxylic acids is 1. The maximum absolute atomic E-state index is 11.5. The zero-order valence-electron chi connectivity index (χ0n) is 13.2. The SMILES string of the molecule is CCSc1nc(C)nc(NCCNC(=O)OC(C)(C)C)n1. The van der Waals surface area contributed by atoms with E-state index in [0.29, 0.717) is 30.0 Å². The molecule has 0 atom stereocenters. The third kappa shape index (κ3) is 7.69. The van der Waals surface area contributed by atoms with E-state index in [1.807, 2.05) is 34.6 Å². The Bertz CT molecular complexity index is 476. The first-order valence-electron chi connectivity index (χ1n) is 6.86. The summed E-state index contributed by atoms with van der Waals surface area (Å²) in [6.07, 6.45) is -0.432. The van der Waals surface area contributed by atoms with Crippen LogP contribution < -0.4 is 10.6 Å². The first kappa shape index (κ1) is 17.5. The molecule has 118 valence electrons. The van der Waals surface area contributed by atoms with Crippen molar-refractivity contribution < 1.29 is 9.53 Å². The Morgan fingerprint density at radius 3 is 2.57 bits per heavy atom. The number of carbonyl (C=O) groups is 1. The fourth-order valence-electron chi connectivity index (χ4n) is 1.38. The van der Waals surface area contributed by atoms with Gasteiger partial charge < -0.3 is 15.4 Å². The van der Waals surface area contributed by atoms with E-state index in [0.717, 1.165) is 5.75 Å². The summed E-state index contributed by atoms with van der Waals surface area (Å²) in [5.74, 6) is 2.09. The van der Waals surface area contributed by atoms with E-state index in [1.165, 1.54) is 0 Å². The lowest BCUT2D eigenvalue weighted by Crippen LogP contribution is -2.35. The van der Waals surface area contributed by atoms with Gasteiger partial charge in [-0.3, -0.25) is 0 Å². The fraction of sp³-hybridized carbons (Fsp3) is 0.692. The van der Waals surface area contributed by atoms with E-state index in [2.05, 4.69) is 25.6 Å². The largest absolute Gasteiger partial charge is 0.444 e. The fourth-order valence-corrected chi connectivity index (χ4v) is 1.99. The van der Waals surface area contributed by atoms with Gasteiger partial charge in [0.1, 0.15) is 11.4 Å². The number of hydrogen-bond donors (Lipinski definition) is 2. The van der Waals surface area contributed by atoms with Gasteiger partial charge in [0.25, 0.3) is 0 Å². The number of hydrogen-bond acceptors (Lipinski definition) is 7. The first-order chi connectivity index (χ1) is 9.80. The molecule has 1 aromatic heterocycles. The van der Waals surface area contributed by atoms with Crippen LogP contribution in [0.1, 0.15) is 33.5 Å². The van der Waals surface area contributed by atoms with E-state index in [4.69, 9.17) is 4.74 Å². The van der Waals surface area contributed by atoms with Gasteiger partial charge in [-0.05, 0) is 33.4 Å². The molecule has 1 aromatic rings. The molecule has 0 fully saturated rings. The van der Waals surface area contributed by atoms with Gasteiger partial charge in [-0.25, -0.2) is 9.78 Å². The van der Waals surface area contributed by atoms with Crippen molar-refractivity contribution >= 4 is 23.8 Å². The van der Waals surface area contributed by atoms with Crippen LogP contribution in [0.5, 0.6) is 0 Å². The minimum atomic E-state index is -0.491. The molecule has 0 aliphatic rings. The topological polar surface area (TPSA) is 89.0 Å². The number of thioether (sulfide) groups is 1. The smallest absolute Gasteiger partial charge is 0.407 e. The number of alkyl carbamates (subject to hydrolysis) is 1. The maximum Gasteiger partial charge on any atom is 0.407 e. The number of rotatable bonds is 6. The standard InChI is InChI=1S/C13H23N5O2S/c1-6-21-11-17-9(2)16-10(18-11)14-7-8-15-12(19)20-13(3,4)5/h6-8H2,1-5H3,(H,15,19)(H,14,16,17,18). The number of aryl methyl sites for hydroxylation is 1. The summed E-state index contributed by atoms with van der Waals surface area (Å²) >= 11 is 1.56. The highest BCUT2D eigenvalue weighted by molar-refractivity contribution is 7.99. The lowest BCUT2D eigenvalue weighted by Gasteiger charge is -2.19. The van der Waals surface area contributed by atoms with Crippen LogP contribution in [-0.4, -0.2) is 45.5 Å². The van der Waals surface area contributed by atoms with Crippen molar-refractivity contribution in [3.63, 3.8) is 0 Å². The molecular formula is C13H23N5O2S. The second-order valence-electron chi connectivity index (χ2n) is 5.28. The van der Waals surface area contributed by atoms with E-state index in [9.17, 15) is 4.79 Å². The lowest BCUT2D eigenvalue weighted by atomic mass is 10.2. The Kier molecular flexibility index (Phi) is 6.67. The predicted molar refractivity (Wildman–Crippen MR) is 83.7 cm³/mol. The third-order valence-corrected chi connectivity index (χ3v) is 2.81. The zero-order chi connectivity index (χ0) is 15.9. The zero-order valence-corrected chi connectivity index (χ0v) is 14.0. The number of nitrogens with one attached hydrogen (secondary N) is 2. The molecule has 7 nitrogen and oxygen atoms in total. The monoisotopic (exact) mass is 313 g/mol. The molecule has 0 aliphatic carbocycles. The van der Waals surface area contributed by atoms with Crippen LogP contribution in [0.3, 0.4) is 0 Å². The van der Waals surface area contributed by atoms with Gasteiger partial charge in [0.15, 0.2) is 5.16 Å². The average Bonchev–Trinajstić information content (AvgIpc) is 2.32. The highest BCUT2D eigenvalue weighted by Crippen LogP contribution is 2.13. The first-order valence-corrected chi connectivity index (χ1v) is 7.85. The van der Waals surface area contributed by atoms with Crippen molar-refractivity contribution in [2.24, 2.45) is 0 Å². The maximum atomic E-state index is 11.5. The molecule has 0 unspecified atom stereocenters. The van der Waals surface area contributed by atoms with Crippen LogP contribution in [0, 0.1) is 6.92 Å². The summed E-state index contributed by atoms with van der Waals surface area (Å²) in [7, 11) is 0. The molecule has 0 saturated carbocycles. The summed E-state index contributed by atoms with van der Waals surface area (Å²) in [5, 5.41) is 6.42. The second kappa shape index (κ2) is 8.02. The minimum Gasteiger partial charge on any atom is -0.444 e. The number of nitrogens with zero attached hydrogens (tertiary/aromatic N) is 3. The molecule has 0 bridgehead atoms. The number of aromatic nitrogens is 3. The van der Waals surface area contributed by atoms with Crippen molar-refractivity contribution in [2.75, 3.05) is 24.2 Å². The summed E-state index contributed by atoms with van der Waals surface area (Å²) in [4.78, 5) is 24.2. The van der Waals surface area contributed by atoms with Crippen molar-refractivity contribution in [3.05, 3.63) is 5.82 Å². The van der Waals surface area contributed by atoms with Crippen molar-refractivity contribution in [2.45, 2.75) is 45.4 Å². The van der Waals surface area contributed by atoms with Crippen molar-refractivity contribution in [3.8, 4) is 0 Å². The van der Waals surface area contributed by atoms with E-state index >= 15 is 0 Å². The quantitative estimate of drug-likeness (QED) is 0.615. The van der Waals surface area contributed by atoms with Gasteiger partial charge in [-0.15, -0.1) is 0 Å². The van der Waals surface area contributed by atoms with Gasteiger partial charge in [0, 0.05) is 13.1 Å². The Balaban J connectivity index is 2.37. The van der Waals surface area contributed by atoms with Gasteiger partial charge in [-0.2, -0.15) is 9.97 Å². The van der Waals surface area contributed by atoms with Crippen molar-refractivity contribution in [1.29, 1.82) is 0 Å². The van der Waals surface area contributed by atoms with Gasteiger partial charge in [0.2, 0.25) is 5.95 Å². The van der Waals surface area contributed by atoms with Crippen molar-refractivity contribution in [1.82, 2.24) is 20.3 Å². The van der Waals surface area contributed by atoms with E-state index in [1.54, 1.807) is 11.8 Å². The summed E-state index contributed by atoms with van der Waals surface area (Å²) < 4.78 is 5.14. The molecule has 0 radical (unpaired) electrons. The summed E-state index contributed by atoms with van der Waals surface area (Å²) in [6, 6.07) is 0. The van der Waals surface area contributed by atoms with Gasteiger partial charge in [0.05, 0.1) is 0 Å². The normalized spacial score (nSPS) is 11.1. The third-order valence-electron chi connectivity index (χ3n) is 2.08. The Labute approximate surface area is 129 Å². The lowest BCUT2D eigenvalue weighted by molar-refractivity contribution is 0.0530. The molecule has 1 rings (SSSR count). The Morgan fingerprint density at radius 1 is 1.24 bits per heavy atom. The van der Waals surface area contributed by atoms with Crippen LogP contribution in [-0.2, 0) is 4.74 Å². The van der Waals surface area contributed by atoms with E-state index < -0.39 is 11.7 Å². The minimum absolute atomic E-state index is 0.426. The second-order valence-corrected chi connectivity index (χ2v) is 6.51. The summed E-state index contributed by atoms with van der Waals surface area (Å²) in [6.45, 7) is 10.3. The molecule has 0 saturated heterocycles. The average molecular weight is 313 g/mol. The molecule has 1 heterocycles. The molecule has 0 aliphatic heterocycles. The van der Waals surface area contributed by atoms with Crippen LogP contribution >= 0.6 is 11.8 Å². The van der Waals surface area contributed by atoms with E-state index in [-0.39, 0.29) is 0 Å². The molecule has 1 amide bonds.